The molecule has 0 bridgehead atoms. The van der Waals surface area contributed by atoms with Gasteiger partial charge < -0.3 is 15.4 Å². The molecule has 0 aliphatic carbocycles. The maximum Gasteiger partial charge on any atom is 0.247 e. The van der Waals surface area contributed by atoms with Crippen molar-refractivity contribution < 1.29 is 9.53 Å². The van der Waals surface area contributed by atoms with Gasteiger partial charge in [-0.1, -0.05) is 36.9 Å². The average Bonchev–Trinajstić information content (AvgIpc) is 2.84. The van der Waals surface area contributed by atoms with Crippen molar-refractivity contribution in [2.45, 2.75) is 6.10 Å². The van der Waals surface area contributed by atoms with Crippen LogP contribution in [0.25, 0.3) is 22.0 Å². The normalized spacial score (nSPS) is 13.8. The number of hydrogen-bond donors (Lipinski definition) is 2. The highest BCUT2D eigenvalue weighted by molar-refractivity contribution is 6.00. The van der Waals surface area contributed by atoms with Crippen molar-refractivity contribution in [2.75, 3.05) is 30.8 Å². The first kappa shape index (κ1) is 21.6. The molecule has 0 unspecified atom stereocenters. The van der Waals surface area contributed by atoms with Crippen LogP contribution in [0.2, 0.25) is 0 Å². The van der Waals surface area contributed by atoms with Gasteiger partial charge in [0.2, 0.25) is 11.9 Å². The van der Waals surface area contributed by atoms with E-state index in [0.717, 1.165) is 46.6 Å². The highest BCUT2D eigenvalue weighted by atomic mass is 16.5. The van der Waals surface area contributed by atoms with Gasteiger partial charge in [0.25, 0.3) is 0 Å². The molecule has 0 atom stereocenters. The fraction of sp³-hybridized carbons (Fsp3) is 0.148. The second-order valence-electron chi connectivity index (χ2n) is 8.32. The molecule has 1 aromatic heterocycles. The van der Waals surface area contributed by atoms with E-state index in [0.29, 0.717) is 11.6 Å². The smallest absolute Gasteiger partial charge is 0.247 e. The molecule has 7 heteroatoms. The number of likely N-dealkylation sites (N-methyl/N-ethyl adjacent to an activating group) is 1. The number of anilines is 3. The Morgan fingerprint density at radius 1 is 1.09 bits per heavy atom. The third-order valence-electron chi connectivity index (χ3n) is 5.68. The number of carbonyl (C=O) groups is 1. The molecule has 170 valence electrons. The quantitative estimate of drug-likeness (QED) is 0.391. The van der Waals surface area contributed by atoms with Crippen molar-refractivity contribution >= 4 is 34.1 Å². The number of nitrogens with one attached hydrogen (secondary N) is 2. The number of fused-ring (bicyclic) bond motifs is 1. The minimum Gasteiger partial charge on any atom is -0.488 e. The van der Waals surface area contributed by atoms with Crippen molar-refractivity contribution in [3.63, 3.8) is 0 Å². The Morgan fingerprint density at radius 3 is 2.65 bits per heavy atom. The Labute approximate surface area is 198 Å². The summed E-state index contributed by atoms with van der Waals surface area (Å²) >= 11 is 0. The van der Waals surface area contributed by atoms with E-state index >= 15 is 0 Å². The van der Waals surface area contributed by atoms with E-state index in [-0.39, 0.29) is 12.0 Å². The number of carbonyl (C=O) groups excluding carboxylic acids is 1. The lowest BCUT2D eigenvalue weighted by Gasteiger charge is -2.36. The van der Waals surface area contributed by atoms with Gasteiger partial charge in [-0.15, -0.1) is 0 Å². The number of ether oxygens (including phenoxy) is 1. The number of para-hydroxylation sites is 1. The molecule has 0 saturated carbocycles. The van der Waals surface area contributed by atoms with Gasteiger partial charge in [0.1, 0.15) is 11.9 Å². The van der Waals surface area contributed by atoms with E-state index in [1.54, 1.807) is 0 Å². The minimum atomic E-state index is -0.250. The summed E-state index contributed by atoms with van der Waals surface area (Å²) in [5, 5.41) is 7.01. The first-order valence-electron chi connectivity index (χ1n) is 11.1. The Kier molecular flexibility index (Phi) is 5.93. The van der Waals surface area contributed by atoms with Crippen LogP contribution in [-0.4, -0.2) is 47.0 Å². The standard InChI is InChI=1S/C27H25N5O2/c1-3-25(33)29-21-8-4-6-18(14-21)24-9-5-7-19-15-28-27(31-26(19)24)30-20-10-12-22(13-11-20)34-23-16-32(2)17-23/h3-15,23H,1,16-17H2,2H3,(H,29,33)(H,28,30,31). The van der Waals surface area contributed by atoms with Gasteiger partial charge in [-0.2, -0.15) is 0 Å². The van der Waals surface area contributed by atoms with Crippen molar-refractivity contribution in [1.82, 2.24) is 14.9 Å². The van der Waals surface area contributed by atoms with Crippen LogP contribution in [0.4, 0.5) is 17.3 Å². The van der Waals surface area contributed by atoms with Gasteiger partial charge >= 0.3 is 0 Å². The first-order valence-corrected chi connectivity index (χ1v) is 11.1. The van der Waals surface area contributed by atoms with Crippen molar-refractivity contribution in [1.29, 1.82) is 0 Å². The number of benzene rings is 3. The summed E-state index contributed by atoms with van der Waals surface area (Å²) in [4.78, 5) is 23.2. The molecule has 5 rings (SSSR count). The van der Waals surface area contributed by atoms with Crippen molar-refractivity contribution in [2.24, 2.45) is 0 Å². The van der Waals surface area contributed by atoms with Gasteiger partial charge in [0.05, 0.1) is 5.52 Å². The zero-order chi connectivity index (χ0) is 23.5. The van der Waals surface area contributed by atoms with Gasteiger partial charge in [0, 0.05) is 41.6 Å². The Bertz CT molecular complexity index is 1350. The molecular weight excluding hydrogens is 426 g/mol. The Balaban J connectivity index is 1.38. The van der Waals surface area contributed by atoms with Gasteiger partial charge in [-0.3, -0.25) is 9.69 Å². The minimum absolute atomic E-state index is 0.250. The zero-order valence-corrected chi connectivity index (χ0v) is 18.9. The lowest BCUT2D eigenvalue weighted by molar-refractivity contribution is -0.111. The van der Waals surface area contributed by atoms with Crippen LogP contribution in [-0.2, 0) is 4.79 Å². The van der Waals surface area contributed by atoms with Crippen LogP contribution >= 0.6 is 0 Å². The number of amides is 1. The molecule has 2 heterocycles. The van der Waals surface area contributed by atoms with E-state index in [2.05, 4.69) is 34.1 Å². The lowest BCUT2D eigenvalue weighted by Crippen LogP contribution is -2.51. The molecule has 7 nitrogen and oxygen atoms in total. The molecule has 1 aliphatic rings. The maximum absolute atomic E-state index is 11.7. The summed E-state index contributed by atoms with van der Waals surface area (Å²) in [5.74, 6) is 1.11. The maximum atomic E-state index is 11.7. The molecule has 1 saturated heterocycles. The number of rotatable bonds is 7. The van der Waals surface area contributed by atoms with E-state index in [1.807, 2.05) is 72.9 Å². The summed E-state index contributed by atoms with van der Waals surface area (Å²) in [6.07, 6.45) is 3.32. The molecule has 1 fully saturated rings. The van der Waals surface area contributed by atoms with E-state index < -0.39 is 0 Å². The van der Waals surface area contributed by atoms with Crippen molar-refractivity contribution in [3.8, 4) is 16.9 Å². The summed E-state index contributed by atoms with van der Waals surface area (Å²) in [7, 11) is 2.08. The second kappa shape index (κ2) is 9.33. The number of likely N-dealkylation sites (tertiary alicyclic amines) is 1. The van der Waals surface area contributed by atoms with Crippen LogP contribution in [0, 0.1) is 0 Å². The summed E-state index contributed by atoms with van der Waals surface area (Å²) in [6.45, 7) is 5.41. The molecule has 0 radical (unpaired) electrons. The van der Waals surface area contributed by atoms with Gasteiger partial charge in [-0.05, 0) is 55.1 Å². The molecule has 34 heavy (non-hydrogen) atoms. The highest BCUT2D eigenvalue weighted by Crippen LogP contribution is 2.30. The SMILES string of the molecule is C=CC(=O)Nc1cccc(-c2cccc3cnc(Nc4ccc(OC5CN(C)C5)cc4)nc23)c1. The van der Waals surface area contributed by atoms with Crippen LogP contribution in [0.1, 0.15) is 0 Å². The fourth-order valence-corrected chi connectivity index (χ4v) is 3.96. The Morgan fingerprint density at radius 2 is 1.88 bits per heavy atom. The third-order valence-corrected chi connectivity index (χ3v) is 5.68. The van der Waals surface area contributed by atoms with E-state index in [4.69, 9.17) is 9.72 Å². The van der Waals surface area contributed by atoms with Crippen LogP contribution < -0.4 is 15.4 Å². The molecule has 1 amide bonds. The summed E-state index contributed by atoms with van der Waals surface area (Å²) in [6, 6.07) is 21.5. The van der Waals surface area contributed by atoms with Crippen LogP contribution in [0.3, 0.4) is 0 Å². The summed E-state index contributed by atoms with van der Waals surface area (Å²) in [5.41, 5.74) is 4.29. The zero-order valence-electron chi connectivity index (χ0n) is 18.9. The predicted molar refractivity (Wildman–Crippen MR) is 135 cm³/mol. The topological polar surface area (TPSA) is 79.4 Å². The number of aromatic nitrogens is 2. The largest absolute Gasteiger partial charge is 0.488 e. The second-order valence-corrected chi connectivity index (χ2v) is 8.32. The van der Waals surface area contributed by atoms with Gasteiger partial charge in [0.15, 0.2) is 0 Å². The van der Waals surface area contributed by atoms with Crippen molar-refractivity contribution in [3.05, 3.63) is 85.6 Å². The van der Waals surface area contributed by atoms with E-state index in [1.165, 1.54) is 6.08 Å². The lowest BCUT2D eigenvalue weighted by atomic mass is 10.0. The molecule has 1 aliphatic heterocycles. The Hall–Kier alpha value is -4.23. The van der Waals surface area contributed by atoms with Crippen LogP contribution in [0.15, 0.2) is 85.6 Å². The summed E-state index contributed by atoms with van der Waals surface area (Å²) < 4.78 is 5.96. The predicted octanol–water partition coefficient (Wildman–Crippen LogP) is 4.86. The molecule has 0 spiro atoms. The number of nitrogens with zero attached hydrogens (tertiary/aromatic N) is 3. The third kappa shape index (κ3) is 4.74. The monoisotopic (exact) mass is 451 g/mol. The molecular formula is C27H25N5O2. The first-order chi connectivity index (χ1) is 16.6. The average molecular weight is 452 g/mol. The van der Waals surface area contributed by atoms with E-state index in [9.17, 15) is 4.79 Å². The molecule has 2 N–H and O–H groups in total. The van der Waals surface area contributed by atoms with Gasteiger partial charge in [-0.25, -0.2) is 9.97 Å². The van der Waals surface area contributed by atoms with Crippen LogP contribution in [0.5, 0.6) is 5.75 Å². The highest BCUT2D eigenvalue weighted by Gasteiger charge is 2.24. The number of hydrogen-bond acceptors (Lipinski definition) is 6. The molecule has 3 aromatic carbocycles. The molecule has 4 aromatic rings. The fourth-order valence-electron chi connectivity index (χ4n) is 3.96.